The summed E-state index contributed by atoms with van der Waals surface area (Å²) in [6, 6.07) is 0. The van der Waals surface area contributed by atoms with Gasteiger partial charge in [0.1, 0.15) is 0 Å². The first kappa shape index (κ1) is 9.62. The Balaban J connectivity index is 1.90. The Kier molecular flexibility index (Phi) is 2.05. The molecule has 0 aromatic heterocycles. The Morgan fingerprint density at radius 2 is 1.60 bits per heavy atom. The standard InChI is InChI=1S/C14H19O/c1-10(9-15)5-14-6-11-2-12(7-14)4-13(3-11)8-14/h5,11-13H,2-4,6-8H2,1H3. The van der Waals surface area contributed by atoms with Crippen molar-refractivity contribution in [1.29, 1.82) is 0 Å². The molecule has 4 rings (SSSR count). The number of hydrogen-bond acceptors (Lipinski definition) is 1. The summed E-state index contributed by atoms with van der Waals surface area (Å²) in [5, 5.41) is 0. The average Bonchev–Trinajstić information content (AvgIpc) is 2.14. The lowest BCUT2D eigenvalue weighted by Crippen LogP contribution is -2.45. The fourth-order valence-electron chi connectivity index (χ4n) is 4.84. The van der Waals surface area contributed by atoms with Gasteiger partial charge in [-0.1, -0.05) is 6.08 Å². The number of rotatable bonds is 2. The van der Waals surface area contributed by atoms with E-state index in [1.54, 1.807) is 0 Å². The molecular weight excluding hydrogens is 184 g/mol. The van der Waals surface area contributed by atoms with Crippen LogP contribution in [0.25, 0.3) is 0 Å². The topological polar surface area (TPSA) is 17.1 Å². The van der Waals surface area contributed by atoms with Gasteiger partial charge in [0.15, 0.2) is 0 Å². The molecule has 0 aromatic carbocycles. The maximum Gasteiger partial charge on any atom is 0.228 e. The highest BCUT2D eigenvalue weighted by Crippen LogP contribution is 2.60. The minimum Gasteiger partial charge on any atom is -0.285 e. The summed E-state index contributed by atoms with van der Waals surface area (Å²) < 4.78 is 0. The molecule has 0 heterocycles. The fourth-order valence-corrected chi connectivity index (χ4v) is 4.84. The summed E-state index contributed by atoms with van der Waals surface area (Å²) in [5.41, 5.74) is 1.23. The van der Waals surface area contributed by atoms with Crippen LogP contribution in [0.15, 0.2) is 11.6 Å². The van der Waals surface area contributed by atoms with Gasteiger partial charge in [0.05, 0.1) is 0 Å². The fraction of sp³-hybridized carbons (Fsp3) is 0.786. The number of carbonyl (C=O) groups excluding carboxylic acids is 1. The zero-order valence-electron chi connectivity index (χ0n) is 9.46. The maximum absolute atomic E-state index is 10.6. The Labute approximate surface area is 91.9 Å². The Morgan fingerprint density at radius 1 is 1.13 bits per heavy atom. The average molecular weight is 203 g/mol. The predicted molar refractivity (Wildman–Crippen MR) is 60.1 cm³/mol. The summed E-state index contributed by atoms with van der Waals surface area (Å²) >= 11 is 0. The molecule has 4 aliphatic carbocycles. The van der Waals surface area contributed by atoms with Crippen molar-refractivity contribution in [2.75, 3.05) is 0 Å². The van der Waals surface area contributed by atoms with E-state index in [0.717, 1.165) is 23.3 Å². The van der Waals surface area contributed by atoms with Crippen molar-refractivity contribution in [3.8, 4) is 0 Å². The minimum atomic E-state index is 0.399. The molecule has 4 aliphatic rings. The summed E-state index contributed by atoms with van der Waals surface area (Å²) in [4.78, 5) is 10.6. The molecule has 0 aliphatic heterocycles. The van der Waals surface area contributed by atoms with Crippen LogP contribution >= 0.6 is 0 Å². The van der Waals surface area contributed by atoms with E-state index in [0.29, 0.717) is 5.41 Å². The van der Waals surface area contributed by atoms with Gasteiger partial charge in [0.25, 0.3) is 0 Å². The highest BCUT2D eigenvalue weighted by Gasteiger charge is 2.49. The second-order valence-corrected chi connectivity index (χ2v) is 6.21. The molecule has 0 N–H and O–H groups in total. The highest BCUT2D eigenvalue weighted by molar-refractivity contribution is 5.73. The lowest BCUT2D eigenvalue weighted by atomic mass is 9.49. The molecule has 0 spiro atoms. The van der Waals surface area contributed by atoms with Crippen molar-refractivity contribution in [2.45, 2.75) is 45.4 Å². The van der Waals surface area contributed by atoms with Gasteiger partial charge in [-0.15, -0.1) is 0 Å². The van der Waals surface area contributed by atoms with Crippen LogP contribution in [0.1, 0.15) is 45.4 Å². The van der Waals surface area contributed by atoms with E-state index in [-0.39, 0.29) is 0 Å². The Hall–Kier alpha value is -0.590. The van der Waals surface area contributed by atoms with Crippen LogP contribution < -0.4 is 0 Å². The van der Waals surface area contributed by atoms with Gasteiger partial charge in [-0.25, -0.2) is 0 Å². The summed E-state index contributed by atoms with van der Waals surface area (Å²) in [6.07, 6.45) is 12.7. The van der Waals surface area contributed by atoms with Gasteiger partial charge < -0.3 is 0 Å². The van der Waals surface area contributed by atoms with E-state index in [1.165, 1.54) is 38.5 Å². The third-order valence-electron chi connectivity index (χ3n) is 4.77. The van der Waals surface area contributed by atoms with Crippen LogP contribution in [0.5, 0.6) is 0 Å². The van der Waals surface area contributed by atoms with Crippen LogP contribution in [0.2, 0.25) is 0 Å². The lowest BCUT2D eigenvalue weighted by Gasteiger charge is -2.56. The van der Waals surface area contributed by atoms with Crippen molar-refractivity contribution in [3.63, 3.8) is 0 Å². The molecule has 1 nitrogen and oxygen atoms in total. The van der Waals surface area contributed by atoms with E-state index < -0.39 is 0 Å². The quantitative estimate of drug-likeness (QED) is 0.629. The Morgan fingerprint density at radius 3 is 2.00 bits per heavy atom. The van der Waals surface area contributed by atoms with Crippen molar-refractivity contribution in [2.24, 2.45) is 23.2 Å². The van der Waals surface area contributed by atoms with E-state index in [9.17, 15) is 4.79 Å². The van der Waals surface area contributed by atoms with E-state index >= 15 is 0 Å². The first-order chi connectivity index (χ1) is 7.19. The van der Waals surface area contributed by atoms with Crippen LogP contribution in [-0.2, 0) is 4.79 Å². The molecule has 4 saturated carbocycles. The molecular formula is C14H19O. The molecule has 81 valence electrons. The molecule has 15 heavy (non-hydrogen) atoms. The summed E-state index contributed by atoms with van der Waals surface area (Å²) in [5.74, 6) is 2.89. The van der Waals surface area contributed by atoms with Gasteiger partial charge in [0.2, 0.25) is 6.29 Å². The van der Waals surface area contributed by atoms with Crippen molar-refractivity contribution < 1.29 is 4.79 Å². The normalized spacial score (nSPS) is 48.3. The van der Waals surface area contributed by atoms with E-state index in [4.69, 9.17) is 0 Å². The van der Waals surface area contributed by atoms with Crippen LogP contribution in [0.3, 0.4) is 0 Å². The second kappa shape index (κ2) is 3.20. The SMILES string of the molecule is CC([C]=O)=CC12CC3CC(CC(C3)C1)C2. The molecule has 1 heteroatoms. The van der Waals surface area contributed by atoms with Crippen LogP contribution in [0.4, 0.5) is 0 Å². The molecule has 0 aromatic rings. The number of hydrogen-bond donors (Lipinski definition) is 0. The minimum absolute atomic E-state index is 0.399. The smallest absolute Gasteiger partial charge is 0.228 e. The molecule has 0 saturated heterocycles. The third-order valence-corrected chi connectivity index (χ3v) is 4.77. The highest BCUT2D eigenvalue weighted by atomic mass is 16.1. The van der Waals surface area contributed by atoms with Gasteiger partial charge in [-0.2, -0.15) is 0 Å². The monoisotopic (exact) mass is 203 g/mol. The third kappa shape index (κ3) is 1.56. The predicted octanol–water partition coefficient (Wildman–Crippen LogP) is 3.26. The Bertz CT molecular complexity index is 278. The van der Waals surface area contributed by atoms with Crippen LogP contribution in [0, 0.1) is 23.2 Å². The van der Waals surface area contributed by atoms with Crippen molar-refractivity contribution in [3.05, 3.63) is 11.6 Å². The van der Waals surface area contributed by atoms with Gasteiger partial charge in [-0.05, 0) is 74.2 Å². The maximum atomic E-state index is 10.6. The molecule has 1 radical (unpaired) electrons. The zero-order valence-corrected chi connectivity index (χ0v) is 9.46. The van der Waals surface area contributed by atoms with Gasteiger partial charge in [-0.3, -0.25) is 4.79 Å². The number of allylic oxidation sites excluding steroid dienone is 2. The van der Waals surface area contributed by atoms with Crippen molar-refractivity contribution in [1.82, 2.24) is 0 Å². The van der Waals surface area contributed by atoms with E-state index in [1.807, 2.05) is 6.92 Å². The van der Waals surface area contributed by atoms with Crippen LogP contribution in [-0.4, -0.2) is 6.29 Å². The summed E-state index contributed by atoms with van der Waals surface area (Å²) in [7, 11) is 0. The zero-order chi connectivity index (χ0) is 10.5. The lowest BCUT2D eigenvalue weighted by molar-refractivity contribution is -0.0239. The molecule has 4 bridgehead atoms. The molecule has 4 fully saturated rings. The molecule has 0 atom stereocenters. The molecule has 0 amide bonds. The molecule has 0 unspecified atom stereocenters. The first-order valence-corrected chi connectivity index (χ1v) is 6.27. The first-order valence-electron chi connectivity index (χ1n) is 6.27. The summed E-state index contributed by atoms with van der Waals surface area (Å²) in [6.45, 7) is 1.91. The van der Waals surface area contributed by atoms with Crippen molar-refractivity contribution >= 4 is 6.29 Å². The largest absolute Gasteiger partial charge is 0.285 e. The van der Waals surface area contributed by atoms with Gasteiger partial charge >= 0.3 is 0 Å². The van der Waals surface area contributed by atoms with Gasteiger partial charge in [0, 0.05) is 0 Å². The second-order valence-electron chi connectivity index (χ2n) is 6.21. The van der Waals surface area contributed by atoms with E-state index in [2.05, 4.69) is 12.4 Å².